The average Bonchev–Trinajstić information content (AvgIpc) is 3.21. The maximum Gasteiger partial charge on any atom is 0.270 e. The molecule has 9 nitrogen and oxygen atoms in total. The summed E-state index contributed by atoms with van der Waals surface area (Å²) in [5.74, 6) is 0.813. The van der Waals surface area contributed by atoms with Gasteiger partial charge in [0, 0.05) is 67.7 Å². The Hall–Kier alpha value is -3.62. The molecule has 168 valence electrons. The zero-order chi connectivity index (χ0) is 22.8. The van der Waals surface area contributed by atoms with Gasteiger partial charge in [-0.2, -0.15) is 0 Å². The average molecular weight is 437 g/mol. The fourth-order valence-electron chi connectivity index (χ4n) is 4.30. The van der Waals surface area contributed by atoms with Gasteiger partial charge in [0.05, 0.1) is 16.2 Å². The van der Waals surface area contributed by atoms with Gasteiger partial charge in [-0.15, -0.1) is 0 Å². The minimum Gasteiger partial charge on any atom is -0.380 e. The number of carbonyl (C=O) groups excluding carboxylic acids is 1. The normalized spacial score (nSPS) is 14.7. The number of carbonyl (C=O) groups is 1. The molecule has 1 aliphatic heterocycles. The van der Waals surface area contributed by atoms with Crippen LogP contribution in [-0.2, 0) is 0 Å². The lowest BCUT2D eigenvalue weighted by atomic mass is 10.0. The number of nitro benzene ring substituents is 1. The number of nitro groups is 1. The number of anilines is 2. The van der Waals surface area contributed by atoms with E-state index < -0.39 is 4.92 Å². The second kappa shape index (κ2) is 8.86. The van der Waals surface area contributed by atoms with E-state index in [0.717, 1.165) is 24.3 Å². The molecule has 2 N–H and O–H groups in total. The number of pyridine rings is 1. The van der Waals surface area contributed by atoms with Crippen molar-refractivity contribution in [3.05, 3.63) is 58.4 Å². The predicted octanol–water partition coefficient (Wildman–Crippen LogP) is 4.03. The summed E-state index contributed by atoms with van der Waals surface area (Å²) in [6.45, 7) is 5.44. The molecular weight excluding hydrogens is 408 g/mol. The summed E-state index contributed by atoms with van der Waals surface area (Å²) in [6, 6.07) is 9.07. The van der Waals surface area contributed by atoms with E-state index in [2.05, 4.69) is 41.1 Å². The van der Waals surface area contributed by atoms with Crippen LogP contribution in [0.2, 0.25) is 0 Å². The third-order valence-corrected chi connectivity index (χ3v) is 5.97. The maximum absolute atomic E-state index is 13.2. The Morgan fingerprint density at radius 2 is 2.06 bits per heavy atom. The molecule has 1 fully saturated rings. The van der Waals surface area contributed by atoms with Crippen LogP contribution in [0.15, 0.2) is 42.7 Å². The number of H-pyrrole nitrogens is 1. The number of non-ortho nitro benzene ring substituents is 1. The molecule has 3 heterocycles. The molecule has 0 bridgehead atoms. The van der Waals surface area contributed by atoms with Crippen LogP contribution in [0.1, 0.15) is 37.0 Å². The van der Waals surface area contributed by atoms with Gasteiger partial charge >= 0.3 is 0 Å². The minimum atomic E-state index is -0.442. The van der Waals surface area contributed by atoms with Gasteiger partial charge in [-0.05, 0) is 44.9 Å². The Morgan fingerprint density at radius 3 is 2.75 bits per heavy atom. The highest BCUT2D eigenvalue weighted by atomic mass is 16.6. The van der Waals surface area contributed by atoms with E-state index in [0.29, 0.717) is 35.6 Å². The standard InChI is InChI=1S/C23H28N6O3/c1-15(2)26-21-5-4-10-24-22(21)27(3)16-8-11-28(12-9-16)23(30)19-14-25-20-7-6-17(29(31)32)13-18(19)20/h4-7,10,13-16,25-26H,8-9,11-12H2,1-3H3. The number of hydrogen-bond acceptors (Lipinski definition) is 6. The molecule has 0 saturated carbocycles. The minimum absolute atomic E-state index is 0.0207. The van der Waals surface area contributed by atoms with Crippen LogP contribution in [0, 0.1) is 10.1 Å². The van der Waals surface area contributed by atoms with Crippen LogP contribution in [0.3, 0.4) is 0 Å². The topological polar surface area (TPSA) is 107 Å². The number of nitrogens with one attached hydrogen (secondary N) is 2. The van der Waals surface area contributed by atoms with Gasteiger partial charge in [-0.25, -0.2) is 4.98 Å². The number of aromatic amines is 1. The zero-order valence-corrected chi connectivity index (χ0v) is 18.5. The van der Waals surface area contributed by atoms with Crippen LogP contribution in [0.5, 0.6) is 0 Å². The number of hydrogen-bond donors (Lipinski definition) is 2. The number of fused-ring (bicyclic) bond motifs is 1. The van der Waals surface area contributed by atoms with E-state index in [1.54, 1.807) is 18.5 Å². The fourth-order valence-corrected chi connectivity index (χ4v) is 4.30. The van der Waals surface area contributed by atoms with Crippen LogP contribution in [-0.4, -0.2) is 57.9 Å². The van der Waals surface area contributed by atoms with Gasteiger partial charge in [-0.1, -0.05) is 0 Å². The Bertz CT molecular complexity index is 1130. The van der Waals surface area contributed by atoms with Crippen molar-refractivity contribution >= 4 is 34.0 Å². The number of rotatable bonds is 6. The van der Waals surface area contributed by atoms with Gasteiger partial charge < -0.3 is 20.1 Å². The summed E-state index contributed by atoms with van der Waals surface area (Å²) >= 11 is 0. The van der Waals surface area contributed by atoms with Crippen LogP contribution in [0.4, 0.5) is 17.2 Å². The van der Waals surface area contributed by atoms with Gasteiger partial charge in [0.1, 0.15) is 0 Å². The molecule has 1 aliphatic rings. The molecule has 1 aromatic carbocycles. The summed E-state index contributed by atoms with van der Waals surface area (Å²) < 4.78 is 0. The van der Waals surface area contributed by atoms with Crippen molar-refractivity contribution in [2.45, 2.75) is 38.8 Å². The lowest BCUT2D eigenvalue weighted by molar-refractivity contribution is -0.384. The third kappa shape index (κ3) is 4.23. The Morgan fingerprint density at radius 1 is 1.31 bits per heavy atom. The van der Waals surface area contributed by atoms with Crippen molar-refractivity contribution in [1.29, 1.82) is 0 Å². The van der Waals surface area contributed by atoms with Crippen LogP contribution >= 0.6 is 0 Å². The lowest BCUT2D eigenvalue weighted by Gasteiger charge is -2.38. The molecule has 0 unspecified atom stereocenters. The quantitative estimate of drug-likeness (QED) is 0.446. The van der Waals surface area contributed by atoms with E-state index in [1.165, 1.54) is 12.1 Å². The van der Waals surface area contributed by atoms with Crippen LogP contribution < -0.4 is 10.2 Å². The van der Waals surface area contributed by atoms with Crippen molar-refractivity contribution in [1.82, 2.24) is 14.9 Å². The molecule has 0 radical (unpaired) electrons. The second-order valence-corrected chi connectivity index (χ2v) is 8.50. The van der Waals surface area contributed by atoms with Crippen molar-refractivity contribution in [3.8, 4) is 0 Å². The molecule has 2 aromatic heterocycles. The van der Waals surface area contributed by atoms with Gasteiger partial charge in [0.2, 0.25) is 0 Å². The number of likely N-dealkylation sites (tertiary alicyclic amines) is 1. The fraction of sp³-hybridized carbons (Fsp3) is 0.391. The van der Waals surface area contributed by atoms with Crippen molar-refractivity contribution in [3.63, 3.8) is 0 Å². The molecule has 9 heteroatoms. The Labute approximate surface area is 186 Å². The smallest absolute Gasteiger partial charge is 0.270 e. The third-order valence-electron chi connectivity index (χ3n) is 5.97. The highest BCUT2D eigenvalue weighted by Gasteiger charge is 2.28. The molecule has 4 rings (SSSR count). The Balaban J connectivity index is 1.46. The van der Waals surface area contributed by atoms with E-state index in [1.807, 2.05) is 17.0 Å². The molecule has 0 atom stereocenters. The molecule has 3 aromatic rings. The zero-order valence-electron chi connectivity index (χ0n) is 18.5. The Kier molecular flexibility index (Phi) is 5.98. The summed E-state index contributed by atoms with van der Waals surface area (Å²) in [5.41, 5.74) is 2.18. The SMILES string of the molecule is CC(C)Nc1cccnc1N(C)C1CCN(C(=O)c2c[nH]c3ccc([N+](=O)[O-])cc23)CC1. The van der Waals surface area contributed by atoms with Crippen molar-refractivity contribution in [2.75, 3.05) is 30.4 Å². The van der Waals surface area contributed by atoms with E-state index in [4.69, 9.17) is 0 Å². The predicted molar refractivity (Wildman–Crippen MR) is 125 cm³/mol. The first kappa shape index (κ1) is 21.6. The van der Waals surface area contributed by atoms with Crippen LogP contribution in [0.25, 0.3) is 10.9 Å². The first-order valence-corrected chi connectivity index (χ1v) is 10.8. The largest absolute Gasteiger partial charge is 0.380 e. The number of benzene rings is 1. The van der Waals surface area contributed by atoms with Gasteiger partial charge in [0.25, 0.3) is 11.6 Å². The second-order valence-electron chi connectivity index (χ2n) is 8.50. The summed E-state index contributed by atoms with van der Waals surface area (Å²) in [6.07, 6.45) is 5.09. The molecular formula is C23H28N6O3. The first-order chi connectivity index (χ1) is 15.3. The van der Waals surface area contributed by atoms with Gasteiger partial charge in [-0.3, -0.25) is 14.9 Å². The van der Waals surface area contributed by atoms with Crippen molar-refractivity contribution in [2.24, 2.45) is 0 Å². The highest BCUT2D eigenvalue weighted by molar-refractivity contribution is 6.07. The maximum atomic E-state index is 13.2. The first-order valence-electron chi connectivity index (χ1n) is 10.8. The monoisotopic (exact) mass is 436 g/mol. The number of piperidine rings is 1. The highest BCUT2D eigenvalue weighted by Crippen LogP contribution is 2.29. The van der Waals surface area contributed by atoms with Gasteiger partial charge in [0.15, 0.2) is 5.82 Å². The lowest BCUT2D eigenvalue weighted by Crippen LogP contribution is -2.46. The molecule has 0 spiro atoms. The summed E-state index contributed by atoms with van der Waals surface area (Å²) in [4.78, 5) is 35.5. The molecule has 1 amide bonds. The van der Waals surface area contributed by atoms with Crippen molar-refractivity contribution < 1.29 is 9.72 Å². The molecule has 0 aliphatic carbocycles. The van der Waals surface area contributed by atoms with E-state index in [-0.39, 0.29) is 17.6 Å². The number of amides is 1. The number of aromatic nitrogens is 2. The number of nitrogens with zero attached hydrogens (tertiary/aromatic N) is 4. The van der Waals surface area contributed by atoms with E-state index in [9.17, 15) is 14.9 Å². The molecule has 32 heavy (non-hydrogen) atoms. The molecule has 1 saturated heterocycles. The summed E-state index contributed by atoms with van der Waals surface area (Å²) in [5, 5.41) is 15.2. The van der Waals surface area contributed by atoms with E-state index >= 15 is 0 Å². The summed E-state index contributed by atoms with van der Waals surface area (Å²) in [7, 11) is 2.05.